The smallest absolute Gasteiger partial charge is 0.307 e. The van der Waals surface area contributed by atoms with E-state index in [4.69, 9.17) is 4.42 Å². The van der Waals surface area contributed by atoms with Gasteiger partial charge in [-0.25, -0.2) is 4.39 Å². The Bertz CT molecular complexity index is 1320. The van der Waals surface area contributed by atoms with Gasteiger partial charge in [0.05, 0.1) is 25.2 Å². The molecule has 0 bridgehead atoms. The third kappa shape index (κ3) is 4.85. The highest BCUT2D eigenvalue weighted by Gasteiger charge is 2.19. The summed E-state index contributed by atoms with van der Waals surface area (Å²) in [6.45, 7) is 4.18. The first-order valence-electron chi connectivity index (χ1n) is 11.2. The molecule has 2 N–H and O–H groups in total. The molecule has 0 aliphatic carbocycles. The molecule has 0 saturated heterocycles. The number of carbonyl (C=O) groups is 2. The fourth-order valence-electron chi connectivity index (χ4n) is 4.13. The summed E-state index contributed by atoms with van der Waals surface area (Å²) in [5, 5.41) is 17.5. The Balaban J connectivity index is 1.48. The maximum atomic E-state index is 14.9. The van der Waals surface area contributed by atoms with E-state index in [0.29, 0.717) is 35.4 Å². The fraction of sp³-hybridized carbons (Fsp3) is 0.269. The first-order chi connectivity index (χ1) is 16.4. The summed E-state index contributed by atoms with van der Waals surface area (Å²) in [5.41, 5.74) is 3.50. The lowest BCUT2D eigenvalue weighted by molar-refractivity contribution is -0.136. The molecular formula is C26H26FN3O4. The van der Waals surface area contributed by atoms with Gasteiger partial charge in [-0.1, -0.05) is 38.1 Å². The van der Waals surface area contributed by atoms with E-state index in [1.807, 2.05) is 44.2 Å². The van der Waals surface area contributed by atoms with Crippen LogP contribution < -0.4 is 5.32 Å². The minimum Gasteiger partial charge on any atom is -0.481 e. The molecule has 0 aliphatic rings. The molecule has 7 nitrogen and oxygen atoms in total. The molecule has 1 amide bonds. The van der Waals surface area contributed by atoms with Gasteiger partial charge in [-0.05, 0) is 37.1 Å². The van der Waals surface area contributed by atoms with Gasteiger partial charge in [0, 0.05) is 27.8 Å². The van der Waals surface area contributed by atoms with E-state index in [-0.39, 0.29) is 25.1 Å². The molecule has 176 valence electrons. The molecule has 34 heavy (non-hydrogen) atoms. The summed E-state index contributed by atoms with van der Waals surface area (Å²) in [4.78, 5) is 23.8. The third-order valence-corrected chi connectivity index (χ3v) is 5.78. The monoisotopic (exact) mass is 463 g/mol. The number of nitrogens with one attached hydrogen (secondary N) is 1. The van der Waals surface area contributed by atoms with Crippen LogP contribution in [-0.4, -0.2) is 26.8 Å². The molecule has 0 fully saturated rings. The van der Waals surface area contributed by atoms with E-state index in [1.165, 1.54) is 6.07 Å². The number of halogens is 1. The highest BCUT2D eigenvalue weighted by Crippen LogP contribution is 2.21. The number of fused-ring (bicyclic) bond motifs is 1. The molecule has 0 spiro atoms. The van der Waals surface area contributed by atoms with Crippen LogP contribution in [0.3, 0.4) is 0 Å². The quantitative estimate of drug-likeness (QED) is 0.381. The first-order valence-corrected chi connectivity index (χ1v) is 11.2. The number of furan rings is 1. The summed E-state index contributed by atoms with van der Waals surface area (Å²) in [6, 6.07) is 13.8. The van der Waals surface area contributed by atoms with Gasteiger partial charge < -0.3 is 14.8 Å². The minimum absolute atomic E-state index is 0.112. The number of aliphatic carboxylic acids is 1. The number of amides is 1. The topological polar surface area (TPSA) is 97.4 Å². The minimum atomic E-state index is -0.923. The summed E-state index contributed by atoms with van der Waals surface area (Å²) >= 11 is 0. The van der Waals surface area contributed by atoms with Gasteiger partial charge in [0.25, 0.3) is 5.91 Å². The number of carboxylic acid groups (broad SMARTS) is 1. The van der Waals surface area contributed by atoms with Crippen molar-refractivity contribution in [3.05, 3.63) is 88.2 Å². The number of aryl methyl sites for hydroxylation is 1. The maximum Gasteiger partial charge on any atom is 0.307 e. The van der Waals surface area contributed by atoms with E-state index in [0.717, 1.165) is 16.7 Å². The van der Waals surface area contributed by atoms with Crippen LogP contribution in [0.4, 0.5) is 4.39 Å². The van der Waals surface area contributed by atoms with Gasteiger partial charge in [-0.2, -0.15) is 5.10 Å². The summed E-state index contributed by atoms with van der Waals surface area (Å²) in [6.07, 6.45) is 1.06. The van der Waals surface area contributed by atoms with E-state index in [9.17, 15) is 19.1 Å². The summed E-state index contributed by atoms with van der Waals surface area (Å²) in [7, 11) is 0. The van der Waals surface area contributed by atoms with Crippen LogP contribution in [0.25, 0.3) is 11.0 Å². The lowest BCUT2D eigenvalue weighted by Gasteiger charge is -2.10. The Hall–Kier alpha value is -3.94. The number of hydrogen-bond donors (Lipinski definition) is 2. The number of para-hydroxylation sites is 1. The van der Waals surface area contributed by atoms with Crippen LogP contribution in [0.15, 0.2) is 52.9 Å². The summed E-state index contributed by atoms with van der Waals surface area (Å²) in [5.74, 6) is -1.24. The van der Waals surface area contributed by atoms with Crippen LogP contribution in [0.5, 0.6) is 0 Å². The van der Waals surface area contributed by atoms with E-state index in [2.05, 4.69) is 10.4 Å². The number of hydrogen-bond acceptors (Lipinski definition) is 4. The SMILES string of the molecule is CCc1nn(Cc2ccc(C(=O)NCc3cc4ccccc4o3)cc2F)c(CC)c1CC(=O)O. The fourth-order valence-corrected chi connectivity index (χ4v) is 4.13. The number of aromatic nitrogens is 2. The van der Waals surface area contributed by atoms with E-state index < -0.39 is 17.7 Å². The van der Waals surface area contributed by atoms with Gasteiger partial charge in [0.1, 0.15) is 17.2 Å². The number of carbonyl (C=O) groups excluding carboxylic acids is 1. The predicted molar refractivity (Wildman–Crippen MR) is 125 cm³/mol. The van der Waals surface area contributed by atoms with Crippen molar-refractivity contribution in [3.63, 3.8) is 0 Å². The van der Waals surface area contributed by atoms with Crippen LogP contribution in [0.2, 0.25) is 0 Å². The second-order valence-electron chi connectivity index (χ2n) is 8.05. The maximum absolute atomic E-state index is 14.9. The van der Waals surface area contributed by atoms with Crippen LogP contribution >= 0.6 is 0 Å². The van der Waals surface area contributed by atoms with Gasteiger partial charge >= 0.3 is 5.97 Å². The normalized spacial score (nSPS) is 11.1. The highest BCUT2D eigenvalue weighted by atomic mass is 19.1. The Labute approximate surface area is 196 Å². The van der Waals surface area contributed by atoms with Crippen molar-refractivity contribution in [3.8, 4) is 0 Å². The predicted octanol–water partition coefficient (Wildman–Crippen LogP) is 4.50. The summed E-state index contributed by atoms with van der Waals surface area (Å²) < 4.78 is 22.3. The Kier molecular flexibility index (Phi) is 6.77. The molecule has 0 saturated carbocycles. The van der Waals surface area contributed by atoms with Crippen molar-refractivity contribution in [2.75, 3.05) is 0 Å². The highest BCUT2D eigenvalue weighted by molar-refractivity contribution is 5.94. The van der Waals surface area contributed by atoms with Crippen molar-refractivity contribution in [1.29, 1.82) is 0 Å². The number of nitrogens with zero attached hydrogens (tertiary/aromatic N) is 2. The van der Waals surface area contributed by atoms with Gasteiger partial charge in [-0.15, -0.1) is 0 Å². The zero-order valence-electron chi connectivity index (χ0n) is 19.1. The lowest BCUT2D eigenvalue weighted by Crippen LogP contribution is -2.22. The molecule has 0 aliphatic heterocycles. The second kappa shape index (κ2) is 9.91. The van der Waals surface area contributed by atoms with Gasteiger partial charge in [-0.3, -0.25) is 14.3 Å². The molecule has 4 aromatic rings. The van der Waals surface area contributed by atoms with Crippen LogP contribution in [-0.2, 0) is 37.1 Å². The third-order valence-electron chi connectivity index (χ3n) is 5.78. The van der Waals surface area contributed by atoms with Crippen LogP contribution in [0.1, 0.15) is 52.5 Å². The van der Waals surface area contributed by atoms with Crippen molar-refractivity contribution in [2.24, 2.45) is 0 Å². The molecule has 8 heteroatoms. The van der Waals surface area contributed by atoms with Gasteiger partial charge in [0.2, 0.25) is 0 Å². The molecule has 0 atom stereocenters. The number of carboxylic acids is 1. The molecule has 0 radical (unpaired) electrons. The second-order valence-corrected chi connectivity index (χ2v) is 8.05. The van der Waals surface area contributed by atoms with E-state index >= 15 is 0 Å². The molecular weight excluding hydrogens is 437 g/mol. The number of rotatable bonds is 9. The van der Waals surface area contributed by atoms with Crippen molar-refractivity contribution >= 4 is 22.8 Å². The molecule has 2 aromatic heterocycles. The van der Waals surface area contributed by atoms with Crippen molar-refractivity contribution < 1.29 is 23.5 Å². The van der Waals surface area contributed by atoms with Crippen molar-refractivity contribution in [2.45, 2.75) is 46.2 Å². The Morgan fingerprint density at radius 2 is 1.91 bits per heavy atom. The molecule has 4 rings (SSSR count). The Morgan fingerprint density at radius 3 is 2.59 bits per heavy atom. The zero-order chi connectivity index (χ0) is 24.2. The zero-order valence-corrected chi connectivity index (χ0v) is 19.1. The average Bonchev–Trinajstić information content (AvgIpc) is 3.38. The van der Waals surface area contributed by atoms with E-state index in [1.54, 1.807) is 16.8 Å². The number of benzene rings is 2. The van der Waals surface area contributed by atoms with Gasteiger partial charge in [0.15, 0.2) is 0 Å². The first kappa shape index (κ1) is 23.2. The lowest BCUT2D eigenvalue weighted by atomic mass is 10.1. The Morgan fingerprint density at radius 1 is 1.12 bits per heavy atom. The van der Waals surface area contributed by atoms with Crippen LogP contribution in [0, 0.1) is 5.82 Å². The van der Waals surface area contributed by atoms with Crippen molar-refractivity contribution in [1.82, 2.24) is 15.1 Å². The molecule has 2 heterocycles. The largest absolute Gasteiger partial charge is 0.481 e. The molecule has 0 unspecified atom stereocenters. The average molecular weight is 464 g/mol. The molecule has 2 aromatic carbocycles. The standard InChI is InChI=1S/C26H26FN3O4/c1-3-22-20(13-25(31)32)23(4-2)30(29-22)15-18-10-9-17(12-21(18)27)26(33)28-14-19-11-16-7-5-6-8-24(16)34-19/h5-12H,3-4,13-15H2,1-2H3,(H,28,33)(H,31,32).